The molecule has 0 radical (unpaired) electrons. The molecule has 1 aromatic heterocycles. The van der Waals surface area contributed by atoms with Gasteiger partial charge in [-0.05, 0) is 24.1 Å². The van der Waals surface area contributed by atoms with E-state index in [0.717, 1.165) is 11.4 Å². The van der Waals surface area contributed by atoms with E-state index in [4.69, 9.17) is 21.1 Å². The van der Waals surface area contributed by atoms with Crippen LogP contribution in [0, 0.1) is 5.92 Å². The highest BCUT2D eigenvalue weighted by atomic mass is 35.5. The predicted molar refractivity (Wildman–Crippen MR) is 109 cm³/mol. The second-order valence-corrected chi connectivity index (χ2v) is 7.92. The number of aromatic nitrogens is 2. The number of benzene rings is 1. The van der Waals surface area contributed by atoms with Gasteiger partial charge in [0.1, 0.15) is 11.9 Å². The molecule has 1 aliphatic rings. The highest BCUT2D eigenvalue weighted by molar-refractivity contribution is 6.32. The number of ether oxygens (including phenoxy) is 2. The van der Waals surface area contributed by atoms with Gasteiger partial charge in [0, 0.05) is 32.1 Å². The van der Waals surface area contributed by atoms with Crippen molar-refractivity contribution in [1.29, 1.82) is 0 Å². The van der Waals surface area contributed by atoms with Crippen molar-refractivity contribution >= 4 is 17.5 Å². The van der Waals surface area contributed by atoms with Gasteiger partial charge in [-0.2, -0.15) is 5.10 Å². The molecule has 2 aromatic rings. The van der Waals surface area contributed by atoms with Crippen molar-refractivity contribution in [2.24, 2.45) is 13.0 Å². The minimum Gasteiger partial charge on any atom is -0.492 e. The maximum absolute atomic E-state index is 12.4. The molecule has 7 heteroatoms. The fourth-order valence-electron chi connectivity index (χ4n) is 3.28. The van der Waals surface area contributed by atoms with Gasteiger partial charge < -0.3 is 14.4 Å². The monoisotopic (exact) mass is 405 g/mol. The van der Waals surface area contributed by atoms with E-state index in [2.05, 4.69) is 18.9 Å². The Balaban J connectivity index is 1.58. The fourth-order valence-corrected chi connectivity index (χ4v) is 3.47. The third-order valence-corrected chi connectivity index (χ3v) is 5.09. The molecule has 1 amide bonds. The van der Waals surface area contributed by atoms with Crippen LogP contribution in [0.3, 0.4) is 0 Å². The summed E-state index contributed by atoms with van der Waals surface area (Å²) in [6, 6.07) is 9.48. The first kappa shape index (κ1) is 20.7. The Bertz CT molecular complexity index is 806. The van der Waals surface area contributed by atoms with Crippen LogP contribution < -0.4 is 4.74 Å². The number of rotatable bonds is 7. The first-order chi connectivity index (χ1) is 13.4. The maximum atomic E-state index is 12.4. The van der Waals surface area contributed by atoms with Crippen LogP contribution in [-0.4, -0.2) is 46.9 Å². The molecule has 1 atom stereocenters. The van der Waals surface area contributed by atoms with Crippen LogP contribution in [0.4, 0.5) is 0 Å². The summed E-state index contributed by atoms with van der Waals surface area (Å²) in [6.45, 7) is 6.37. The van der Waals surface area contributed by atoms with Crippen LogP contribution in [0.25, 0.3) is 0 Å². The van der Waals surface area contributed by atoms with Gasteiger partial charge in [0.25, 0.3) is 0 Å². The molecule has 0 unspecified atom stereocenters. The lowest BCUT2D eigenvalue weighted by atomic mass is 10.1. The number of carbonyl (C=O) groups is 1. The molecule has 28 heavy (non-hydrogen) atoms. The molecular formula is C21H28ClN3O3. The SMILES string of the molecule is CC(C)CC(=O)N1CCO[C@@H](c2cc(CCOc3ccccc3Cl)n(C)n2)C1. The van der Waals surface area contributed by atoms with Crippen LogP contribution in [-0.2, 0) is 23.0 Å². The summed E-state index contributed by atoms with van der Waals surface area (Å²) in [5.74, 6) is 1.22. The van der Waals surface area contributed by atoms with Crippen LogP contribution in [0.1, 0.15) is 37.8 Å². The van der Waals surface area contributed by atoms with Gasteiger partial charge in [0.2, 0.25) is 5.91 Å². The summed E-state index contributed by atoms with van der Waals surface area (Å²) in [7, 11) is 1.92. The summed E-state index contributed by atoms with van der Waals surface area (Å²) in [5, 5.41) is 5.21. The van der Waals surface area contributed by atoms with Crippen LogP contribution in [0.15, 0.2) is 30.3 Å². The van der Waals surface area contributed by atoms with E-state index in [-0.39, 0.29) is 12.0 Å². The quantitative estimate of drug-likeness (QED) is 0.705. The van der Waals surface area contributed by atoms with Crippen LogP contribution in [0.2, 0.25) is 5.02 Å². The number of aryl methyl sites for hydroxylation is 1. The molecule has 2 heterocycles. The maximum Gasteiger partial charge on any atom is 0.223 e. The summed E-state index contributed by atoms with van der Waals surface area (Å²) < 4.78 is 13.5. The first-order valence-electron chi connectivity index (χ1n) is 9.73. The molecular weight excluding hydrogens is 378 g/mol. The van der Waals surface area contributed by atoms with E-state index in [1.54, 1.807) is 0 Å². The van der Waals surface area contributed by atoms with Gasteiger partial charge in [-0.25, -0.2) is 0 Å². The topological polar surface area (TPSA) is 56.6 Å². The Morgan fingerprint density at radius 1 is 1.39 bits per heavy atom. The van der Waals surface area contributed by atoms with E-state index in [1.807, 2.05) is 47.0 Å². The third kappa shape index (κ3) is 5.26. The molecule has 1 saturated heterocycles. The highest BCUT2D eigenvalue weighted by Gasteiger charge is 2.27. The molecule has 1 aromatic carbocycles. The van der Waals surface area contributed by atoms with Crippen molar-refractivity contribution in [1.82, 2.24) is 14.7 Å². The largest absolute Gasteiger partial charge is 0.492 e. The van der Waals surface area contributed by atoms with Crippen molar-refractivity contribution < 1.29 is 14.3 Å². The Morgan fingerprint density at radius 2 is 2.18 bits per heavy atom. The number of morpholine rings is 1. The summed E-state index contributed by atoms with van der Waals surface area (Å²) in [6.07, 6.45) is 1.09. The number of carbonyl (C=O) groups excluding carboxylic acids is 1. The van der Waals surface area contributed by atoms with E-state index < -0.39 is 0 Å². The Kier molecular flexibility index (Phi) is 6.97. The van der Waals surface area contributed by atoms with Gasteiger partial charge in [-0.3, -0.25) is 9.48 Å². The van der Waals surface area contributed by atoms with E-state index in [9.17, 15) is 4.79 Å². The lowest BCUT2D eigenvalue weighted by Crippen LogP contribution is -2.42. The lowest BCUT2D eigenvalue weighted by Gasteiger charge is -2.32. The summed E-state index contributed by atoms with van der Waals surface area (Å²) in [5.41, 5.74) is 1.91. The van der Waals surface area contributed by atoms with Crippen molar-refractivity contribution in [3.8, 4) is 5.75 Å². The molecule has 3 rings (SSSR count). The lowest BCUT2D eigenvalue weighted by molar-refractivity contribution is -0.139. The van der Waals surface area contributed by atoms with Gasteiger partial charge >= 0.3 is 0 Å². The summed E-state index contributed by atoms with van der Waals surface area (Å²) >= 11 is 6.12. The number of hydrogen-bond acceptors (Lipinski definition) is 4. The second-order valence-electron chi connectivity index (χ2n) is 7.51. The number of amides is 1. The van der Waals surface area contributed by atoms with Crippen molar-refractivity contribution in [3.05, 3.63) is 46.7 Å². The van der Waals surface area contributed by atoms with Crippen molar-refractivity contribution in [2.75, 3.05) is 26.3 Å². The molecule has 6 nitrogen and oxygen atoms in total. The van der Waals surface area contributed by atoms with Crippen LogP contribution >= 0.6 is 11.6 Å². The minimum absolute atomic E-state index is 0.186. The molecule has 0 aliphatic carbocycles. The van der Waals surface area contributed by atoms with Gasteiger partial charge in [-0.1, -0.05) is 37.6 Å². The van der Waals surface area contributed by atoms with Crippen LogP contribution in [0.5, 0.6) is 5.75 Å². The molecule has 1 fully saturated rings. The summed E-state index contributed by atoms with van der Waals surface area (Å²) in [4.78, 5) is 14.3. The average Bonchev–Trinajstić information content (AvgIpc) is 3.04. The zero-order chi connectivity index (χ0) is 20.1. The van der Waals surface area contributed by atoms with E-state index in [1.165, 1.54) is 0 Å². The normalized spacial score (nSPS) is 17.2. The highest BCUT2D eigenvalue weighted by Crippen LogP contribution is 2.25. The van der Waals surface area contributed by atoms with Crippen molar-refractivity contribution in [2.45, 2.75) is 32.8 Å². The fraction of sp³-hybridized carbons (Fsp3) is 0.524. The standard InChI is InChI=1S/C21H28ClN3O3/c1-15(2)12-21(26)25-9-11-28-20(14-25)18-13-16(24(3)23-18)8-10-27-19-7-5-4-6-17(19)22/h4-7,13,15,20H,8-12,14H2,1-3H3/t20-/m1/s1. The van der Waals surface area contributed by atoms with Crippen molar-refractivity contribution in [3.63, 3.8) is 0 Å². The Labute approximate surface area is 171 Å². The third-order valence-electron chi connectivity index (χ3n) is 4.78. The number of para-hydroxylation sites is 1. The Hall–Kier alpha value is -2.05. The molecule has 0 spiro atoms. The molecule has 152 valence electrons. The number of nitrogens with zero attached hydrogens (tertiary/aromatic N) is 3. The number of halogens is 1. The van der Waals surface area contributed by atoms with Gasteiger partial charge in [0.15, 0.2) is 0 Å². The minimum atomic E-state index is -0.186. The van der Waals surface area contributed by atoms with E-state index >= 15 is 0 Å². The zero-order valence-electron chi connectivity index (χ0n) is 16.7. The van der Waals surface area contributed by atoms with Gasteiger partial charge in [-0.15, -0.1) is 0 Å². The average molecular weight is 406 g/mol. The second kappa shape index (κ2) is 9.43. The molecule has 0 bridgehead atoms. The predicted octanol–water partition coefficient (Wildman–Crippen LogP) is 3.64. The molecule has 0 N–H and O–H groups in total. The molecule has 1 aliphatic heterocycles. The first-order valence-corrected chi connectivity index (χ1v) is 10.1. The molecule has 0 saturated carbocycles. The number of hydrogen-bond donors (Lipinski definition) is 0. The smallest absolute Gasteiger partial charge is 0.223 e. The zero-order valence-corrected chi connectivity index (χ0v) is 17.5. The van der Waals surface area contributed by atoms with Gasteiger partial charge in [0.05, 0.1) is 30.5 Å². The van der Waals surface area contributed by atoms with E-state index in [0.29, 0.717) is 55.8 Å². The Morgan fingerprint density at radius 3 is 2.93 bits per heavy atom.